The van der Waals surface area contributed by atoms with Crippen LogP contribution in [0.2, 0.25) is 0 Å². The lowest BCUT2D eigenvalue weighted by atomic mass is 9.94. The predicted molar refractivity (Wildman–Crippen MR) is 131 cm³/mol. The standard InChI is InChI=1S/C26H29N5O2/c1-2-3-5-17-8-10-19(11-9-17)26(33)28-20-6-4-7-21-24(20)25-29-23(32)16-22(31(25)30-21)18-12-14-27-15-13-18/h4,6-11,16,18,27H,2-3,5,12-15H2,1H3,(H,28,33)(H,29,32). The van der Waals surface area contributed by atoms with Gasteiger partial charge in [0, 0.05) is 17.5 Å². The second-order valence-corrected chi connectivity index (χ2v) is 8.80. The van der Waals surface area contributed by atoms with Gasteiger partial charge in [-0.25, -0.2) is 4.52 Å². The van der Waals surface area contributed by atoms with E-state index in [0.717, 1.165) is 61.8 Å². The molecular formula is C26H29N5O2. The van der Waals surface area contributed by atoms with Gasteiger partial charge in [0.15, 0.2) is 0 Å². The summed E-state index contributed by atoms with van der Waals surface area (Å²) in [5, 5.41) is 11.9. The number of fused-ring (bicyclic) bond motifs is 3. The largest absolute Gasteiger partial charge is 0.321 e. The second-order valence-electron chi connectivity index (χ2n) is 8.80. The van der Waals surface area contributed by atoms with Crippen molar-refractivity contribution in [3.63, 3.8) is 0 Å². The molecule has 0 saturated carbocycles. The minimum atomic E-state index is -0.180. The third kappa shape index (κ3) is 4.28. The molecule has 0 spiro atoms. The summed E-state index contributed by atoms with van der Waals surface area (Å²) in [7, 11) is 0. The van der Waals surface area contributed by atoms with E-state index in [2.05, 4.69) is 22.5 Å². The number of carbonyl (C=O) groups excluding carboxylic acids is 1. The van der Waals surface area contributed by atoms with E-state index in [1.54, 1.807) is 6.07 Å². The molecule has 4 aromatic rings. The Morgan fingerprint density at radius 3 is 2.70 bits per heavy atom. The zero-order valence-corrected chi connectivity index (χ0v) is 18.9. The molecule has 0 atom stereocenters. The Balaban J connectivity index is 1.51. The van der Waals surface area contributed by atoms with Crippen LogP contribution < -0.4 is 16.2 Å². The first-order valence-corrected chi connectivity index (χ1v) is 11.8. The fraction of sp³-hybridized carbons (Fsp3) is 0.346. The van der Waals surface area contributed by atoms with E-state index in [0.29, 0.717) is 16.9 Å². The molecular weight excluding hydrogens is 414 g/mol. The van der Waals surface area contributed by atoms with E-state index < -0.39 is 0 Å². The quantitative estimate of drug-likeness (QED) is 0.416. The van der Waals surface area contributed by atoms with Gasteiger partial charge in [0.25, 0.3) is 11.5 Å². The highest BCUT2D eigenvalue weighted by atomic mass is 16.1. The highest BCUT2D eigenvalue weighted by molar-refractivity contribution is 6.11. The number of aromatic nitrogens is 3. The summed E-state index contributed by atoms with van der Waals surface area (Å²) in [6.07, 6.45) is 5.24. The molecule has 0 unspecified atom stereocenters. The van der Waals surface area contributed by atoms with Gasteiger partial charge in [0.1, 0.15) is 5.65 Å². The van der Waals surface area contributed by atoms with Crippen LogP contribution in [0.4, 0.5) is 5.69 Å². The van der Waals surface area contributed by atoms with Gasteiger partial charge in [-0.2, -0.15) is 5.10 Å². The lowest BCUT2D eigenvalue weighted by Crippen LogP contribution is -2.28. The number of amides is 1. The molecule has 1 fully saturated rings. The van der Waals surface area contributed by atoms with Gasteiger partial charge in [-0.05, 0) is 68.6 Å². The molecule has 7 nitrogen and oxygen atoms in total. The maximum atomic E-state index is 13.0. The number of aryl methyl sites for hydroxylation is 1. The van der Waals surface area contributed by atoms with Crippen LogP contribution in [0.5, 0.6) is 0 Å². The van der Waals surface area contributed by atoms with E-state index in [4.69, 9.17) is 5.10 Å². The summed E-state index contributed by atoms with van der Waals surface area (Å²) >= 11 is 0. The zero-order chi connectivity index (χ0) is 22.8. The van der Waals surface area contributed by atoms with Gasteiger partial charge in [-0.3, -0.25) is 9.59 Å². The number of nitrogens with zero attached hydrogens (tertiary/aromatic N) is 2. The van der Waals surface area contributed by atoms with Crippen LogP contribution in [0.3, 0.4) is 0 Å². The first-order valence-electron chi connectivity index (χ1n) is 11.8. The van der Waals surface area contributed by atoms with E-state index in [9.17, 15) is 9.59 Å². The topological polar surface area (TPSA) is 91.3 Å². The number of carbonyl (C=O) groups is 1. The Kier molecular flexibility index (Phi) is 5.96. The third-order valence-electron chi connectivity index (χ3n) is 6.50. The van der Waals surface area contributed by atoms with Crippen LogP contribution in [0.15, 0.2) is 53.3 Å². The molecule has 1 amide bonds. The van der Waals surface area contributed by atoms with Gasteiger partial charge in [-0.1, -0.05) is 31.5 Å². The van der Waals surface area contributed by atoms with Gasteiger partial charge >= 0.3 is 0 Å². The number of hydrogen-bond donors (Lipinski definition) is 3. The number of anilines is 1. The Morgan fingerprint density at radius 1 is 1.15 bits per heavy atom. The van der Waals surface area contributed by atoms with Crippen molar-refractivity contribution >= 4 is 28.1 Å². The van der Waals surface area contributed by atoms with Crippen LogP contribution in [0, 0.1) is 0 Å². The van der Waals surface area contributed by atoms with Crippen LogP contribution in [-0.2, 0) is 6.42 Å². The zero-order valence-electron chi connectivity index (χ0n) is 18.9. The Bertz CT molecular complexity index is 1350. The van der Waals surface area contributed by atoms with E-state index >= 15 is 0 Å². The summed E-state index contributed by atoms with van der Waals surface area (Å²) in [4.78, 5) is 28.5. The molecule has 2 aromatic carbocycles. The lowest BCUT2D eigenvalue weighted by Gasteiger charge is -2.23. The van der Waals surface area contributed by atoms with Crippen molar-refractivity contribution in [1.29, 1.82) is 0 Å². The van der Waals surface area contributed by atoms with Crippen molar-refractivity contribution in [2.24, 2.45) is 0 Å². The van der Waals surface area contributed by atoms with Crippen molar-refractivity contribution in [3.8, 4) is 0 Å². The Labute approximate surface area is 192 Å². The summed E-state index contributed by atoms with van der Waals surface area (Å²) in [6, 6.07) is 15.1. The molecule has 1 aliphatic rings. The van der Waals surface area contributed by atoms with Crippen LogP contribution in [-0.4, -0.2) is 33.6 Å². The molecule has 0 bridgehead atoms. The van der Waals surface area contributed by atoms with E-state index in [1.807, 2.05) is 47.0 Å². The van der Waals surface area contributed by atoms with Crippen molar-refractivity contribution in [2.75, 3.05) is 18.4 Å². The highest BCUT2D eigenvalue weighted by Gasteiger charge is 2.22. The second kappa shape index (κ2) is 9.19. The smallest absolute Gasteiger partial charge is 0.255 e. The number of benzene rings is 2. The number of piperidine rings is 1. The number of nitrogens with one attached hydrogen (secondary N) is 3. The van der Waals surface area contributed by atoms with Crippen molar-refractivity contribution in [1.82, 2.24) is 19.9 Å². The molecule has 1 aliphatic heterocycles. The normalized spacial score (nSPS) is 14.7. The van der Waals surface area contributed by atoms with Crippen LogP contribution >= 0.6 is 0 Å². The molecule has 0 radical (unpaired) electrons. The SMILES string of the molecule is CCCCc1ccc(C(=O)Nc2cccc3nn4c(C5CCNCC5)cc(=O)[nH]c4c23)cc1. The average molecular weight is 444 g/mol. The maximum Gasteiger partial charge on any atom is 0.255 e. The molecule has 3 N–H and O–H groups in total. The number of hydrogen-bond acceptors (Lipinski definition) is 4. The van der Waals surface area contributed by atoms with Gasteiger partial charge in [0.2, 0.25) is 0 Å². The number of H-pyrrole nitrogens is 1. The average Bonchev–Trinajstić information content (AvgIpc) is 3.22. The van der Waals surface area contributed by atoms with Crippen molar-refractivity contribution < 1.29 is 4.79 Å². The van der Waals surface area contributed by atoms with E-state index in [-0.39, 0.29) is 17.4 Å². The fourth-order valence-electron chi connectivity index (χ4n) is 4.70. The molecule has 33 heavy (non-hydrogen) atoms. The third-order valence-corrected chi connectivity index (χ3v) is 6.50. The monoisotopic (exact) mass is 443 g/mol. The summed E-state index contributed by atoms with van der Waals surface area (Å²) < 4.78 is 1.85. The minimum Gasteiger partial charge on any atom is -0.321 e. The van der Waals surface area contributed by atoms with E-state index in [1.165, 1.54) is 5.56 Å². The van der Waals surface area contributed by atoms with Gasteiger partial charge in [-0.15, -0.1) is 0 Å². The molecule has 0 aliphatic carbocycles. The molecule has 3 heterocycles. The summed E-state index contributed by atoms with van der Waals surface area (Å²) in [5.74, 6) is 0.0929. The van der Waals surface area contributed by atoms with Gasteiger partial charge in [0.05, 0.1) is 22.3 Å². The Morgan fingerprint density at radius 2 is 1.94 bits per heavy atom. The molecule has 170 valence electrons. The molecule has 1 saturated heterocycles. The summed E-state index contributed by atoms with van der Waals surface area (Å²) in [6.45, 7) is 4.03. The highest BCUT2D eigenvalue weighted by Crippen LogP contribution is 2.30. The lowest BCUT2D eigenvalue weighted by molar-refractivity contribution is 0.102. The number of aromatic amines is 1. The maximum absolute atomic E-state index is 13.0. The first-order chi connectivity index (χ1) is 16.1. The van der Waals surface area contributed by atoms with Gasteiger partial charge < -0.3 is 15.6 Å². The van der Waals surface area contributed by atoms with Crippen LogP contribution in [0.25, 0.3) is 16.6 Å². The van der Waals surface area contributed by atoms with Crippen molar-refractivity contribution in [2.45, 2.75) is 44.9 Å². The summed E-state index contributed by atoms with van der Waals surface area (Å²) in [5.41, 5.74) is 4.61. The molecule has 2 aromatic heterocycles. The number of unbranched alkanes of at least 4 members (excludes halogenated alkanes) is 1. The Hall–Kier alpha value is -3.45. The molecule has 5 rings (SSSR count). The fourth-order valence-corrected chi connectivity index (χ4v) is 4.70. The predicted octanol–water partition coefficient (Wildman–Crippen LogP) is 4.24. The molecule has 7 heteroatoms. The number of rotatable bonds is 6. The minimum absolute atomic E-state index is 0.151. The van der Waals surface area contributed by atoms with Crippen molar-refractivity contribution in [3.05, 3.63) is 75.7 Å². The van der Waals surface area contributed by atoms with Crippen LogP contribution in [0.1, 0.15) is 60.1 Å². The first kappa shape index (κ1) is 21.4.